The summed E-state index contributed by atoms with van der Waals surface area (Å²) in [6, 6.07) is 11.8. The van der Waals surface area contributed by atoms with Crippen LogP contribution in [0.5, 0.6) is 5.88 Å². The number of oxazole rings is 1. The van der Waals surface area contributed by atoms with E-state index in [1.807, 2.05) is 0 Å². The summed E-state index contributed by atoms with van der Waals surface area (Å²) in [5.74, 6) is -0.952. The fraction of sp³-hybridized carbons (Fsp3) is 0.154. The number of aromatic hydroxyl groups is 1. The smallest absolute Gasteiger partial charge is 0.417 e. The number of rotatable bonds is 8. The lowest BCUT2D eigenvalue weighted by molar-refractivity contribution is -0.137. The van der Waals surface area contributed by atoms with E-state index in [0.29, 0.717) is 10.2 Å². The maximum atomic E-state index is 13.7. The first-order valence-corrected chi connectivity index (χ1v) is 12.9. The van der Waals surface area contributed by atoms with Gasteiger partial charge in [0.2, 0.25) is 0 Å². The third-order valence-corrected chi connectivity index (χ3v) is 7.13. The van der Waals surface area contributed by atoms with Crippen molar-refractivity contribution in [2.45, 2.75) is 25.7 Å². The van der Waals surface area contributed by atoms with E-state index >= 15 is 0 Å². The number of anilines is 1. The van der Waals surface area contributed by atoms with E-state index in [2.05, 4.69) is 15.4 Å². The minimum atomic E-state index is -4.78. The highest BCUT2D eigenvalue weighted by atomic mass is 35.5. The van der Waals surface area contributed by atoms with E-state index in [1.165, 1.54) is 54.1 Å². The van der Waals surface area contributed by atoms with Crippen molar-refractivity contribution in [1.29, 1.82) is 0 Å². The number of carbonyl (C=O) groups excluding carboxylic acids is 1. The van der Waals surface area contributed by atoms with Crippen molar-refractivity contribution in [2.24, 2.45) is 0 Å². The molecule has 0 aliphatic rings. The predicted octanol–water partition coefficient (Wildman–Crippen LogP) is 5.68. The van der Waals surface area contributed by atoms with Gasteiger partial charge in [-0.2, -0.15) is 23.0 Å². The Morgan fingerprint density at radius 3 is 2.65 bits per heavy atom. The molecule has 0 aliphatic heterocycles. The molecule has 14 heteroatoms. The molecule has 2 N–H and O–H groups in total. The van der Waals surface area contributed by atoms with Gasteiger partial charge in [0.25, 0.3) is 11.5 Å². The van der Waals surface area contributed by atoms with Crippen molar-refractivity contribution in [2.75, 3.05) is 5.32 Å². The molecule has 9 nitrogen and oxygen atoms in total. The lowest BCUT2D eigenvalue weighted by Gasteiger charge is -2.13. The number of pyridine rings is 1. The molecule has 0 fully saturated rings. The van der Waals surface area contributed by atoms with Gasteiger partial charge in [0, 0.05) is 23.9 Å². The molecule has 0 aliphatic carbocycles. The van der Waals surface area contributed by atoms with Gasteiger partial charge in [0.15, 0.2) is 11.8 Å². The van der Waals surface area contributed by atoms with Crippen LogP contribution in [-0.2, 0) is 25.7 Å². The van der Waals surface area contributed by atoms with Gasteiger partial charge in [0.05, 0.1) is 33.8 Å². The molecule has 0 saturated heterocycles. The largest absolute Gasteiger partial charge is 0.494 e. The number of thiophene rings is 1. The number of alkyl halides is 3. The van der Waals surface area contributed by atoms with Crippen LogP contribution in [0.4, 0.5) is 19.0 Å². The van der Waals surface area contributed by atoms with E-state index in [1.54, 1.807) is 12.1 Å². The van der Waals surface area contributed by atoms with Gasteiger partial charge in [0.1, 0.15) is 17.8 Å². The van der Waals surface area contributed by atoms with Crippen LogP contribution in [-0.4, -0.2) is 30.3 Å². The van der Waals surface area contributed by atoms with Gasteiger partial charge in [-0.25, -0.2) is 4.98 Å². The molecule has 0 atom stereocenters. The van der Waals surface area contributed by atoms with Crippen LogP contribution in [0.15, 0.2) is 76.3 Å². The van der Waals surface area contributed by atoms with E-state index in [0.717, 1.165) is 26.3 Å². The number of halogens is 4. The fourth-order valence-corrected chi connectivity index (χ4v) is 5.04. The number of carbonyl (C=O) groups is 1. The molecular weight excluding hydrogens is 571 g/mol. The van der Waals surface area contributed by atoms with Crippen molar-refractivity contribution in [3.63, 3.8) is 0 Å². The summed E-state index contributed by atoms with van der Waals surface area (Å²) in [4.78, 5) is 31.5. The second-order valence-electron chi connectivity index (χ2n) is 8.47. The Morgan fingerprint density at radius 1 is 1.15 bits per heavy atom. The van der Waals surface area contributed by atoms with Crippen LogP contribution < -0.4 is 10.9 Å². The van der Waals surface area contributed by atoms with Gasteiger partial charge >= 0.3 is 6.18 Å². The van der Waals surface area contributed by atoms with E-state index < -0.39 is 28.8 Å². The first kappa shape index (κ1) is 27.2. The molecular formula is C26H19ClF3N5O4S. The summed E-state index contributed by atoms with van der Waals surface area (Å²) in [7, 11) is 0. The Balaban J connectivity index is 1.55. The molecule has 0 amide bonds. The number of nitrogens with one attached hydrogen (secondary N) is 1. The Hall–Kier alpha value is -4.36. The van der Waals surface area contributed by atoms with Crippen molar-refractivity contribution >= 4 is 34.7 Å². The Bertz CT molecular complexity index is 1730. The lowest BCUT2D eigenvalue weighted by atomic mass is 10.1. The molecule has 40 heavy (non-hydrogen) atoms. The second kappa shape index (κ2) is 11.0. The molecule has 0 radical (unpaired) electrons. The molecule has 206 valence electrons. The van der Waals surface area contributed by atoms with Crippen molar-refractivity contribution in [1.82, 2.24) is 19.3 Å². The molecule has 4 heterocycles. The topological polar surface area (TPSA) is 115 Å². The molecule has 1 aromatic carbocycles. The highest BCUT2D eigenvalue weighted by Gasteiger charge is 2.36. The molecule has 0 unspecified atom stereocenters. The zero-order chi connectivity index (χ0) is 28.4. The highest BCUT2D eigenvalue weighted by Crippen LogP contribution is 2.33. The zero-order valence-electron chi connectivity index (χ0n) is 20.4. The van der Waals surface area contributed by atoms with Crippen molar-refractivity contribution < 1.29 is 27.5 Å². The quantitative estimate of drug-likeness (QED) is 0.239. The average molecular weight is 590 g/mol. The Labute approximate surface area is 233 Å². The van der Waals surface area contributed by atoms with Gasteiger partial charge in [-0.3, -0.25) is 14.2 Å². The zero-order valence-corrected chi connectivity index (χ0v) is 21.9. The number of hydrogen-bond donors (Lipinski definition) is 2. The van der Waals surface area contributed by atoms with Crippen molar-refractivity contribution in [3.8, 4) is 17.1 Å². The standard InChI is InChI=1S/C26H19ClF3N5O4S/c27-20-7-5-15(40-20)14-32-21-13-19(33-35(21)25(38)16-3-1-2-4-18(16)26(28,29)30)17-6-8-23(36)34(24(17)37)11-9-22-31-10-12-39-22/h1-8,10,12-13,32,36H,9,11,14H2. The summed E-state index contributed by atoms with van der Waals surface area (Å²) >= 11 is 7.28. The van der Waals surface area contributed by atoms with E-state index in [9.17, 15) is 27.9 Å². The van der Waals surface area contributed by atoms with Gasteiger partial charge in [-0.15, -0.1) is 11.3 Å². The Kier molecular flexibility index (Phi) is 7.50. The van der Waals surface area contributed by atoms with Crippen LogP contribution in [0.2, 0.25) is 4.34 Å². The summed E-state index contributed by atoms with van der Waals surface area (Å²) in [6.07, 6.45) is -1.74. The maximum Gasteiger partial charge on any atom is 0.417 e. The van der Waals surface area contributed by atoms with Gasteiger partial charge < -0.3 is 14.8 Å². The van der Waals surface area contributed by atoms with Crippen LogP contribution in [0.3, 0.4) is 0 Å². The predicted molar refractivity (Wildman–Crippen MR) is 142 cm³/mol. The molecule has 5 aromatic rings. The minimum absolute atomic E-state index is 0.0134. The van der Waals surface area contributed by atoms with Crippen molar-refractivity contribution in [3.05, 3.63) is 104 Å². The minimum Gasteiger partial charge on any atom is -0.494 e. The number of benzene rings is 1. The van der Waals surface area contributed by atoms with Crippen LogP contribution >= 0.6 is 22.9 Å². The lowest BCUT2D eigenvalue weighted by Crippen LogP contribution is -2.23. The number of hydrogen-bond acceptors (Lipinski definition) is 8. The normalized spacial score (nSPS) is 11.6. The molecule has 5 rings (SSSR count). The number of aryl methyl sites for hydroxylation is 1. The first-order valence-electron chi connectivity index (χ1n) is 11.7. The summed E-state index contributed by atoms with van der Waals surface area (Å²) in [5.41, 5.74) is -2.33. The third kappa shape index (κ3) is 5.65. The third-order valence-electron chi connectivity index (χ3n) is 5.90. The molecule has 0 spiro atoms. The average Bonchev–Trinajstić information content (AvgIpc) is 3.68. The molecule has 0 bridgehead atoms. The van der Waals surface area contributed by atoms with E-state index in [-0.39, 0.29) is 42.5 Å². The summed E-state index contributed by atoms with van der Waals surface area (Å²) < 4.78 is 48.7. The van der Waals surface area contributed by atoms with Crippen LogP contribution in [0.25, 0.3) is 11.3 Å². The number of aromatic nitrogens is 4. The van der Waals surface area contributed by atoms with Gasteiger partial charge in [-0.05, 0) is 36.4 Å². The summed E-state index contributed by atoms with van der Waals surface area (Å²) in [6.45, 7) is 0.217. The Morgan fingerprint density at radius 2 is 1.95 bits per heavy atom. The summed E-state index contributed by atoms with van der Waals surface area (Å²) in [5, 5.41) is 17.5. The molecule has 0 saturated carbocycles. The van der Waals surface area contributed by atoms with Crippen LogP contribution in [0.1, 0.15) is 26.7 Å². The van der Waals surface area contributed by atoms with E-state index in [4.69, 9.17) is 16.0 Å². The maximum absolute atomic E-state index is 13.7. The fourth-order valence-electron chi connectivity index (χ4n) is 4.01. The van der Waals surface area contributed by atoms with Crippen LogP contribution in [0, 0.1) is 0 Å². The monoisotopic (exact) mass is 589 g/mol. The first-order chi connectivity index (χ1) is 19.1. The molecule has 4 aromatic heterocycles. The SMILES string of the molecule is O=C(c1ccccc1C(F)(F)F)n1nc(-c2ccc(O)n(CCc3ncco3)c2=O)cc1NCc1ccc(Cl)s1. The second-order valence-corrected chi connectivity index (χ2v) is 10.3. The number of nitrogens with zero attached hydrogens (tertiary/aromatic N) is 4. The highest BCUT2D eigenvalue weighted by molar-refractivity contribution is 7.16. The van der Waals surface area contributed by atoms with Gasteiger partial charge in [-0.1, -0.05) is 23.7 Å².